The summed E-state index contributed by atoms with van der Waals surface area (Å²) in [5.41, 5.74) is 0.708. The topological polar surface area (TPSA) is 80.5 Å². The minimum atomic E-state index is -0.493. The lowest BCUT2D eigenvalue weighted by Gasteiger charge is -2.13. The maximum atomic E-state index is 12.4. The van der Waals surface area contributed by atoms with Crippen molar-refractivity contribution < 1.29 is 14.5 Å². The van der Waals surface area contributed by atoms with E-state index in [4.69, 9.17) is 11.6 Å². The van der Waals surface area contributed by atoms with Crippen LogP contribution < -0.4 is 4.90 Å². The predicted molar refractivity (Wildman–Crippen MR) is 87.5 cm³/mol. The van der Waals surface area contributed by atoms with E-state index in [1.54, 1.807) is 24.3 Å². The number of imide groups is 1. The van der Waals surface area contributed by atoms with Gasteiger partial charge in [0.25, 0.3) is 5.91 Å². The lowest BCUT2D eigenvalue weighted by molar-refractivity contribution is -0.380. The quantitative estimate of drug-likeness (QED) is 0.367. The van der Waals surface area contributed by atoms with Gasteiger partial charge < -0.3 is 0 Å². The SMILES string of the molecule is O=C1CC(=Cc2ccc([N+](=O)[O-])s2)C(=O)N1c1cccc(Cl)c1. The van der Waals surface area contributed by atoms with E-state index in [0.29, 0.717) is 21.2 Å². The molecule has 0 atom stereocenters. The number of rotatable bonds is 3. The van der Waals surface area contributed by atoms with Crippen molar-refractivity contribution >= 4 is 51.5 Å². The summed E-state index contributed by atoms with van der Waals surface area (Å²) in [7, 11) is 0. The van der Waals surface area contributed by atoms with E-state index in [2.05, 4.69) is 0 Å². The molecular weight excluding hydrogens is 340 g/mol. The summed E-state index contributed by atoms with van der Waals surface area (Å²) in [6, 6.07) is 9.39. The third-order valence-electron chi connectivity index (χ3n) is 3.24. The maximum absolute atomic E-state index is 12.4. The van der Waals surface area contributed by atoms with E-state index in [9.17, 15) is 19.7 Å². The number of nitro groups is 1. The Hall–Kier alpha value is -2.51. The smallest absolute Gasteiger partial charge is 0.274 e. The van der Waals surface area contributed by atoms with Gasteiger partial charge in [-0.25, -0.2) is 4.90 Å². The predicted octanol–water partition coefficient (Wildman–Crippen LogP) is 3.66. The number of carbonyl (C=O) groups excluding carboxylic acids is 2. The number of benzene rings is 1. The molecule has 3 rings (SSSR count). The van der Waals surface area contributed by atoms with Gasteiger partial charge in [-0.15, -0.1) is 0 Å². The van der Waals surface area contributed by atoms with Crippen molar-refractivity contribution in [2.75, 3.05) is 4.90 Å². The van der Waals surface area contributed by atoms with Crippen LogP contribution >= 0.6 is 22.9 Å². The summed E-state index contributed by atoms with van der Waals surface area (Å²) >= 11 is 6.84. The molecule has 0 saturated carbocycles. The van der Waals surface area contributed by atoms with Crippen LogP contribution in [0.4, 0.5) is 10.7 Å². The second-order valence-electron chi connectivity index (χ2n) is 4.79. The average Bonchev–Trinajstić information content (AvgIpc) is 3.05. The van der Waals surface area contributed by atoms with E-state index in [-0.39, 0.29) is 17.3 Å². The van der Waals surface area contributed by atoms with Crippen LogP contribution in [0, 0.1) is 10.1 Å². The zero-order valence-electron chi connectivity index (χ0n) is 11.6. The number of hydrogen-bond acceptors (Lipinski definition) is 5. The van der Waals surface area contributed by atoms with E-state index < -0.39 is 10.8 Å². The first kappa shape index (κ1) is 15.4. The second kappa shape index (κ2) is 5.94. The molecule has 0 radical (unpaired) electrons. The highest BCUT2D eigenvalue weighted by atomic mass is 35.5. The Bertz CT molecular complexity index is 859. The number of carbonyl (C=O) groups is 2. The molecule has 2 amide bonds. The van der Waals surface area contributed by atoms with Gasteiger partial charge in [-0.2, -0.15) is 0 Å². The van der Waals surface area contributed by atoms with E-state index >= 15 is 0 Å². The lowest BCUT2D eigenvalue weighted by Crippen LogP contribution is -2.28. The number of anilines is 1. The molecule has 1 aromatic heterocycles. The fourth-order valence-electron chi connectivity index (χ4n) is 2.25. The zero-order valence-corrected chi connectivity index (χ0v) is 13.1. The number of halogens is 1. The van der Waals surface area contributed by atoms with Crippen LogP contribution in [0.3, 0.4) is 0 Å². The molecule has 1 saturated heterocycles. The highest BCUT2D eigenvalue weighted by Crippen LogP contribution is 2.31. The maximum Gasteiger partial charge on any atom is 0.324 e. The van der Waals surface area contributed by atoms with Crippen LogP contribution in [0.1, 0.15) is 11.3 Å². The molecule has 116 valence electrons. The summed E-state index contributed by atoms with van der Waals surface area (Å²) in [6.07, 6.45) is 1.47. The Morgan fingerprint density at radius 2 is 2.04 bits per heavy atom. The van der Waals surface area contributed by atoms with Crippen LogP contribution in [0.2, 0.25) is 5.02 Å². The molecule has 1 aromatic carbocycles. The van der Waals surface area contributed by atoms with E-state index in [0.717, 1.165) is 16.2 Å². The fraction of sp³-hybridized carbons (Fsp3) is 0.0667. The summed E-state index contributed by atoms with van der Waals surface area (Å²) in [4.78, 5) is 36.4. The number of amides is 2. The summed E-state index contributed by atoms with van der Waals surface area (Å²) in [5, 5.41) is 11.1. The van der Waals surface area contributed by atoms with Gasteiger partial charge in [0.15, 0.2) is 0 Å². The highest BCUT2D eigenvalue weighted by molar-refractivity contribution is 7.16. The Morgan fingerprint density at radius 3 is 2.70 bits per heavy atom. The van der Waals surface area contributed by atoms with Crippen LogP contribution in [0.5, 0.6) is 0 Å². The first-order chi connectivity index (χ1) is 11.0. The zero-order chi connectivity index (χ0) is 16.6. The first-order valence-corrected chi connectivity index (χ1v) is 7.73. The van der Waals surface area contributed by atoms with E-state index in [1.165, 1.54) is 18.2 Å². The van der Waals surface area contributed by atoms with Gasteiger partial charge in [0, 0.05) is 21.5 Å². The summed E-state index contributed by atoms with van der Waals surface area (Å²) in [5.74, 6) is -0.789. The van der Waals surface area contributed by atoms with Gasteiger partial charge in [0.05, 0.1) is 17.0 Å². The normalized spacial score (nSPS) is 16.4. The van der Waals surface area contributed by atoms with Crippen LogP contribution in [-0.2, 0) is 9.59 Å². The molecule has 0 spiro atoms. The van der Waals surface area contributed by atoms with Crippen molar-refractivity contribution in [1.29, 1.82) is 0 Å². The van der Waals surface area contributed by atoms with Crippen molar-refractivity contribution in [1.82, 2.24) is 0 Å². The second-order valence-corrected chi connectivity index (χ2v) is 6.32. The van der Waals surface area contributed by atoms with Crippen LogP contribution in [0.15, 0.2) is 42.0 Å². The van der Waals surface area contributed by atoms with Gasteiger partial charge in [-0.05, 0) is 30.3 Å². The molecule has 0 N–H and O–H groups in total. The molecule has 1 aliphatic heterocycles. The van der Waals surface area contributed by atoms with E-state index in [1.807, 2.05) is 0 Å². The molecule has 1 fully saturated rings. The fourth-order valence-corrected chi connectivity index (χ4v) is 3.23. The average molecular weight is 349 g/mol. The molecule has 0 aliphatic carbocycles. The highest BCUT2D eigenvalue weighted by Gasteiger charge is 2.35. The van der Waals surface area contributed by atoms with Crippen molar-refractivity contribution in [3.63, 3.8) is 0 Å². The molecule has 1 aliphatic rings. The Morgan fingerprint density at radius 1 is 1.26 bits per heavy atom. The van der Waals surface area contributed by atoms with Crippen molar-refractivity contribution in [3.8, 4) is 0 Å². The Labute approximate surface area is 139 Å². The summed E-state index contributed by atoms with van der Waals surface area (Å²) < 4.78 is 0. The summed E-state index contributed by atoms with van der Waals surface area (Å²) in [6.45, 7) is 0. The number of hydrogen-bond donors (Lipinski definition) is 0. The Kier molecular flexibility index (Phi) is 3.97. The standard InChI is InChI=1S/C15H9ClN2O4S/c16-10-2-1-3-11(8-10)17-13(19)7-9(15(17)20)6-12-4-5-14(23-12)18(21)22/h1-6,8H,7H2. The Balaban J connectivity index is 1.91. The number of thiophene rings is 1. The van der Waals surface area contributed by atoms with Gasteiger partial charge in [-0.1, -0.05) is 29.0 Å². The largest absolute Gasteiger partial charge is 0.324 e. The van der Waals surface area contributed by atoms with Gasteiger partial charge in [0.1, 0.15) is 0 Å². The molecule has 23 heavy (non-hydrogen) atoms. The molecule has 0 unspecified atom stereocenters. The van der Waals surface area contributed by atoms with Gasteiger partial charge in [-0.3, -0.25) is 19.7 Å². The van der Waals surface area contributed by atoms with Crippen LogP contribution in [-0.4, -0.2) is 16.7 Å². The van der Waals surface area contributed by atoms with Gasteiger partial charge in [0.2, 0.25) is 5.91 Å². The van der Waals surface area contributed by atoms with Crippen LogP contribution in [0.25, 0.3) is 6.08 Å². The molecule has 8 heteroatoms. The molecule has 0 bridgehead atoms. The molecule has 2 heterocycles. The molecular formula is C15H9ClN2O4S. The third-order valence-corrected chi connectivity index (χ3v) is 4.46. The third kappa shape index (κ3) is 3.01. The van der Waals surface area contributed by atoms with Gasteiger partial charge >= 0.3 is 5.00 Å². The van der Waals surface area contributed by atoms with Crippen molar-refractivity contribution in [2.24, 2.45) is 0 Å². The molecule has 2 aromatic rings. The van der Waals surface area contributed by atoms with Crippen molar-refractivity contribution in [2.45, 2.75) is 6.42 Å². The lowest BCUT2D eigenvalue weighted by atomic mass is 10.2. The first-order valence-electron chi connectivity index (χ1n) is 6.53. The minimum absolute atomic E-state index is 0.0136. The minimum Gasteiger partial charge on any atom is -0.274 e. The monoisotopic (exact) mass is 348 g/mol. The number of nitrogens with zero attached hydrogens (tertiary/aromatic N) is 2. The molecule has 6 nitrogen and oxygen atoms in total. The van der Waals surface area contributed by atoms with Crippen molar-refractivity contribution in [3.05, 3.63) is 62.0 Å².